The van der Waals surface area contributed by atoms with E-state index >= 15 is 0 Å². The van der Waals surface area contributed by atoms with E-state index in [1.165, 1.54) is 0 Å². The van der Waals surface area contributed by atoms with Gasteiger partial charge in [0.15, 0.2) is 0 Å². The second-order valence-electron chi connectivity index (χ2n) is 4.30. The summed E-state index contributed by atoms with van der Waals surface area (Å²) >= 11 is 0. The first kappa shape index (κ1) is 12.2. The number of hydrogen-bond acceptors (Lipinski definition) is 3. The second-order valence-corrected chi connectivity index (χ2v) is 4.30. The molecule has 1 heterocycles. The van der Waals surface area contributed by atoms with Gasteiger partial charge in [0.05, 0.1) is 18.0 Å². The number of hydrogen-bond donors (Lipinski definition) is 1. The van der Waals surface area contributed by atoms with Crippen LogP contribution in [0, 0.1) is 5.92 Å². The van der Waals surface area contributed by atoms with Crippen molar-refractivity contribution in [1.29, 1.82) is 0 Å². The van der Waals surface area contributed by atoms with Crippen molar-refractivity contribution in [2.45, 2.75) is 52.7 Å². The summed E-state index contributed by atoms with van der Waals surface area (Å²) in [5, 5.41) is 17.6. The van der Waals surface area contributed by atoms with Crippen LogP contribution >= 0.6 is 0 Å². The molecular weight excluding hydrogens is 190 g/mol. The summed E-state index contributed by atoms with van der Waals surface area (Å²) in [5.41, 5.74) is 1.12. The molecule has 4 heteroatoms. The smallest absolute Gasteiger partial charge is 0.0725 e. The fourth-order valence-electron chi connectivity index (χ4n) is 1.50. The third-order valence-corrected chi connectivity index (χ3v) is 2.60. The molecule has 0 spiro atoms. The zero-order valence-corrected chi connectivity index (χ0v) is 9.85. The molecule has 0 aliphatic heterocycles. The van der Waals surface area contributed by atoms with Crippen molar-refractivity contribution in [2.75, 3.05) is 0 Å². The summed E-state index contributed by atoms with van der Waals surface area (Å²) in [6.07, 6.45) is 4.27. The van der Waals surface area contributed by atoms with E-state index in [0.717, 1.165) is 31.5 Å². The third kappa shape index (κ3) is 3.63. The van der Waals surface area contributed by atoms with Gasteiger partial charge < -0.3 is 5.11 Å². The summed E-state index contributed by atoms with van der Waals surface area (Å²) in [6.45, 7) is 7.10. The average molecular weight is 211 g/mol. The van der Waals surface area contributed by atoms with E-state index < -0.39 is 0 Å². The molecule has 1 aromatic heterocycles. The van der Waals surface area contributed by atoms with Gasteiger partial charge in [-0.15, -0.1) is 5.10 Å². The Balaban J connectivity index is 2.46. The molecule has 1 N–H and O–H groups in total. The van der Waals surface area contributed by atoms with Crippen molar-refractivity contribution >= 4 is 0 Å². The van der Waals surface area contributed by atoms with E-state index in [4.69, 9.17) is 0 Å². The highest BCUT2D eigenvalue weighted by Crippen LogP contribution is 2.10. The van der Waals surface area contributed by atoms with Gasteiger partial charge in [0.25, 0.3) is 0 Å². The maximum Gasteiger partial charge on any atom is 0.0725 e. The topological polar surface area (TPSA) is 50.9 Å². The van der Waals surface area contributed by atoms with Gasteiger partial charge in [0.1, 0.15) is 0 Å². The highest BCUT2D eigenvalue weighted by molar-refractivity contribution is 4.94. The minimum atomic E-state index is -0.227. The summed E-state index contributed by atoms with van der Waals surface area (Å²) in [4.78, 5) is 0. The van der Waals surface area contributed by atoms with Gasteiger partial charge in [0.2, 0.25) is 0 Å². The first-order valence-electron chi connectivity index (χ1n) is 5.70. The Hall–Kier alpha value is -0.900. The SMILES string of the molecule is CCCn1nncc1CCC(O)C(C)C. The van der Waals surface area contributed by atoms with Crippen LogP contribution in [0.2, 0.25) is 0 Å². The van der Waals surface area contributed by atoms with Crippen molar-refractivity contribution in [1.82, 2.24) is 15.0 Å². The molecule has 4 nitrogen and oxygen atoms in total. The highest BCUT2D eigenvalue weighted by Gasteiger charge is 2.11. The standard InChI is InChI=1S/C11H21N3O/c1-4-7-14-10(8-12-13-14)5-6-11(15)9(2)3/h8-9,11,15H,4-7H2,1-3H3. The van der Waals surface area contributed by atoms with Crippen LogP contribution in [0.4, 0.5) is 0 Å². The van der Waals surface area contributed by atoms with Crippen LogP contribution in [0.15, 0.2) is 6.20 Å². The predicted molar refractivity (Wildman–Crippen MR) is 59.5 cm³/mol. The molecule has 15 heavy (non-hydrogen) atoms. The van der Waals surface area contributed by atoms with Crippen LogP contribution in [0.3, 0.4) is 0 Å². The molecule has 0 radical (unpaired) electrons. The summed E-state index contributed by atoms with van der Waals surface area (Å²) < 4.78 is 1.92. The number of aromatic nitrogens is 3. The molecule has 0 fully saturated rings. The normalized spacial score (nSPS) is 13.4. The fourth-order valence-corrected chi connectivity index (χ4v) is 1.50. The zero-order valence-electron chi connectivity index (χ0n) is 9.85. The minimum Gasteiger partial charge on any atom is -0.393 e. The third-order valence-electron chi connectivity index (χ3n) is 2.60. The van der Waals surface area contributed by atoms with Gasteiger partial charge in [0, 0.05) is 6.54 Å². The van der Waals surface area contributed by atoms with Crippen LogP contribution in [-0.4, -0.2) is 26.2 Å². The Morgan fingerprint density at radius 2 is 2.20 bits per heavy atom. The summed E-state index contributed by atoms with van der Waals surface area (Å²) in [5.74, 6) is 0.320. The van der Waals surface area contributed by atoms with Gasteiger partial charge in [-0.25, -0.2) is 4.68 Å². The van der Waals surface area contributed by atoms with E-state index in [-0.39, 0.29) is 6.10 Å². The van der Waals surface area contributed by atoms with Crippen molar-refractivity contribution in [3.05, 3.63) is 11.9 Å². The Morgan fingerprint density at radius 1 is 1.47 bits per heavy atom. The van der Waals surface area contributed by atoms with E-state index in [1.807, 2.05) is 18.5 Å². The maximum atomic E-state index is 9.70. The lowest BCUT2D eigenvalue weighted by Crippen LogP contribution is -2.16. The van der Waals surface area contributed by atoms with Gasteiger partial charge in [-0.2, -0.15) is 0 Å². The molecule has 1 aromatic rings. The van der Waals surface area contributed by atoms with E-state index in [1.54, 1.807) is 6.20 Å². The summed E-state index contributed by atoms with van der Waals surface area (Å²) in [7, 11) is 0. The van der Waals surface area contributed by atoms with Crippen molar-refractivity contribution in [3.63, 3.8) is 0 Å². The minimum absolute atomic E-state index is 0.227. The first-order valence-corrected chi connectivity index (χ1v) is 5.70. The monoisotopic (exact) mass is 211 g/mol. The Labute approximate surface area is 91.3 Å². The highest BCUT2D eigenvalue weighted by atomic mass is 16.3. The number of nitrogens with zero attached hydrogens (tertiary/aromatic N) is 3. The summed E-state index contributed by atoms with van der Waals surface area (Å²) in [6, 6.07) is 0. The van der Waals surface area contributed by atoms with Crippen LogP contribution in [-0.2, 0) is 13.0 Å². The molecule has 0 saturated heterocycles. The van der Waals surface area contributed by atoms with Crippen molar-refractivity contribution in [2.24, 2.45) is 5.92 Å². The van der Waals surface area contributed by atoms with Gasteiger partial charge in [-0.1, -0.05) is 26.0 Å². The molecule has 0 amide bonds. The molecule has 1 unspecified atom stereocenters. The number of aliphatic hydroxyl groups excluding tert-OH is 1. The fraction of sp³-hybridized carbons (Fsp3) is 0.818. The predicted octanol–water partition coefficient (Wildman–Crippen LogP) is 1.64. The molecule has 86 valence electrons. The van der Waals surface area contributed by atoms with E-state index in [2.05, 4.69) is 17.2 Å². The Morgan fingerprint density at radius 3 is 2.80 bits per heavy atom. The van der Waals surface area contributed by atoms with Crippen molar-refractivity contribution < 1.29 is 5.11 Å². The quantitative estimate of drug-likeness (QED) is 0.778. The molecule has 0 aliphatic rings. The molecule has 1 atom stereocenters. The lowest BCUT2D eigenvalue weighted by atomic mass is 10.0. The maximum absolute atomic E-state index is 9.70. The molecular formula is C11H21N3O. The van der Waals surface area contributed by atoms with Crippen molar-refractivity contribution in [3.8, 4) is 0 Å². The lowest BCUT2D eigenvalue weighted by molar-refractivity contribution is 0.116. The number of aliphatic hydroxyl groups is 1. The van der Waals surface area contributed by atoms with Gasteiger partial charge >= 0.3 is 0 Å². The Kier molecular flexibility index (Phi) is 4.75. The second kappa shape index (κ2) is 5.85. The number of aryl methyl sites for hydroxylation is 2. The molecule has 0 aromatic carbocycles. The Bertz CT molecular complexity index is 283. The molecule has 0 saturated carbocycles. The molecule has 1 rings (SSSR count). The van der Waals surface area contributed by atoms with E-state index in [9.17, 15) is 5.11 Å². The van der Waals surface area contributed by atoms with Crippen LogP contribution in [0.25, 0.3) is 0 Å². The molecule has 0 aliphatic carbocycles. The van der Waals surface area contributed by atoms with Gasteiger partial charge in [-0.05, 0) is 25.2 Å². The van der Waals surface area contributed by atoms with Crippen LogP contribution < -0.4 is 0 Å². The van der Waals surface area contributed by atoms with E-state index in [0.29, 0.717) is 5.92 Å². The van der Waals surface area contributed by atoms with Crippen LogP contribution in [0.1, 0.15) is 39.3 Å². The van der Waals surface area contributed by atoms with Gasteiger partial charge in [-0.3, -0.25) is 0 Å². The number of rotatable bonds is 6. The molecule has 0 bridgehead atoms. The zero-order chi connectivity index (χ0) is 11.3. The lowest BCUT2D eigenvalue weighted by Gasteiger charge is -2.14. The average Bonchev–Trinajstić information content (AvgIpc) is 2.62. The van der Waals surface area contributed by atoms with Crippen LogP contribution in [0.5, 0.6) is 0 Å². The largest absolute Gasteiger partial charge is 0.393 e. The first-order chi connectivity index (χ1) is 7.15.